The van der Waals surface area contributed by atoms with Crippen molar-refractivity contribution in [1.29, 1.82) is 0 Å². The van der Waals surface area contributed by atoms with E-state index in [-0.39, 0.29) is 70.8 Å². The van der Waals surface area contributed by atoms with Crippen LogP contribution in [-0.4, -0.2) is 98.9 Å². The average molecular weight is 966 g/mol. The molecule has 4 N–H and O–H groups in total. The number of aliphatic hydroxyl groups excluding tert-OH is 2. The Balaban J connectivity index is 0.000000232. The number of carbonyl (C=O) groups excluding carboxylic acids is 3. The van der Waals surface area contributed by atoms with E-state index in [1.54, 1.807) is 0 Å². The lowest BCUT2D eigenvalue weighted by molar-refractivity contribution is 0.0595. The molecular formula is C38H35BrF6N4O10S2. The smallest absolute Gasteiger partial charge is 0.339 e. The van der Waals surface area contributed by atoms with Gasteiger partial charge in [-0.1, -0.05) is 0 Å². The number of hydrogen-bond donors (Lipinski definition) is 4. The molecule has 4 aromatic rings. The van der Waals surface area contributed by atoms with Crippen LogP contribution in [0.15, 0.2) is 74.9 Å². The molecule has 2 amide bonds. The van der Waals surface area contributed by atoms with Crippen molar-refractivity contribution in [2.24, 2.45) is 0 Å². The number of amides is 2. The van der Waals surface area contributed by atoms with Crippen LogP contribution in [0, 0.1) is 34.9 Å². The number of rotatable bonds is 9. The van der Waals surface area contributed by atoms with E-state index >= 15 is 0 Å². The third-order valence-corrected chi connectivity index (χ3v) is 14.2. The molecule has 328 valence electrons. The summed E-state index contributed by atoms with van der Waals surface area (Å²) in [5.74, 6) is -12.1. The first-order valence-electron chi connectivity index (χ1n) is 17.9. The Kier molecular flexibility index (Phi) is 15.0. The van der Waals surface area contributed by atoms with E-state index in [1.807, 2.05) is 0 Å². The van der Waals surface area contributed by atoms with Crippen LogP contribution in [0.3, 0.4) is 0 Å². The van der Waals surface area contributed by atoms with Crippen molar-refractivity contribution < 1.29 is 72.5 Å². The molecule has 0 saturated carbocycles. The van der Waals surface area contributed by atoms with E-state index in [0.29, 0.717) is 37.1 Å². The van der Waals surface area contributed by atoms with E-state index in [9.17, 15) is 67.8 Å². The summed E-state index contributed by atoms with van der Waals surface area (Å²) >= 11 is 3.16. The number of sulfonamides is 2. The SMILES string of the molecule is COC(=O)c1ccc(C(=O)Nc2cc(F)c(F)c(F)c2)cc1S(=O)(=O)N1CCC(O)CC1.O=C(Nc1cc(F)c(F)c(F)c1)c1ccc(Br)c(S(=O)(=O)N2CCC(O)CC2)c1. The zero-order valence-corrected chi connectivity index (χ0v) is 34.8. The minimum absolute atomic E-state index is 0.00860. The van der Waals surface area contributed by atoms with Gasteiger partial charge in [-0.3, -0.25) is 9.59 Å². The lowest BCUT2D eigenvalue weighted by atomic mass is 10.1. The van der Waals surface area contributed by atoms with Gasteiger partial charge in [0.05, 0.1) is 34.7 Å². The molecule has 2 fully saturated rings. The van der Waals surface area contributed by atoms with Gasteiger partial charge in [0.25, 0.3) is 11.8 Å². The zero-order valence-electron chi connectivity index (χ0n) is 31.6. The Hall–Kier alpha value is -4.91. The van der Waals surface area contributed by atoms with Crippen LogP contribution in [0.1, 0.15) is 56.8 Å². The molecule has 0 aliphatic carbocycles. The number of halogens is 7. The van der Waals surface area contributed by atoms with Gasteiger partial charge in [0.15, 0.2) is 34.9 Å². The van der Waals surface area contributed by atoms with E-state index < -0.39 is 95.5 Å². The van der Waals surface area contributed by atoms with Crippen LogP contribution in [0.25, 0.3) is 0 Å². The maximum atomic E-state index is 13.4. The number of hydrogen-bond acceptors (Lipinski definition) is 10. The Morgan fingerprint density at radius 3 is 1.38 bits per heavy atom. The van der Waals surface area contributed by atoms with Gasteiger partial charge in [0, 0.05) is 77.4 Å². The van der Waals surface area contributed by atoms with E-state index in [0.717, 1.165) is 35.7 Å². The summed E-state index contributed by atoms with van der Waals surface area (Å²) in [6.07, 6.45) is -0.186. The number of nitrogens with one attached hydrogen (secondary N) is 2. The van der Waals surface area contributed by atoms with Crippen molar-refractivity contribution in [3.63, 3.8) is 0 Å². The normalized spacial score (nSPS) is 15.7. The van der Waals surface area contributed by atoms with Gasteiger partial charge in [0.1, 0.15) is 0 Å². The molecule has 14 nitrogen and oxygen atoms in total. The summed E-state index contributed by atoms with van der Waals surface area (Å²) in [5, 5.41) is 23.6. The van der Waals surface area contributed by atoms with Crippen LogP contribution >= 0.6 is 15.9 Å². The van der Waals surface area contributed by atoms with Crippen LogP contribution < -0.4 is 10.6 Å². The first-order valence-corrected chi connectivity index (χ1v) is 21.6. The highest BCUT2D eigenvalue weighted by Gasteiger charge is 2.34. The van der Waals surface area contributed by atoms with Crippen molar-refractivity contribution >= 4 is 65.1 Å². The average Bonchev–Trinajstić information content (AvgIpc) is 3.22. The molecule has 0 bridgehead atoms. The molecule has 0 aromatic heterocycles. The van der Waals surface area contributed by atoms with Crippen molar-refractivity contribution in [2.75, 3.05) is 43.9 Å². The standard InChI is InChI=1S/C20H19F3N2O6S.C18H16BrF3N2O4S/c1-31-20(28)14-3-2-11(19(27)24-12-9-15(21)18(23)16(22)10-12)8-17(14)32(29,30)25-6-4-13(26)5-7-25;19-13-2-1-10(18(26)23-11-8-14(20)17(22)15(21)9-11)7-16(13)29(27,28)24-5-3-12(25)4-6-24/h2-3,8-10,13,26H,4-7H2,1H3,(H,24,27);1-2,7-9,12,25H,3-6H2,(H,23,26). The van der Waals surface area contributed by atoms with Crippen LogP contribution in [-0.2, 0) is 24.8 Å². The zero-order chi connectivity index (χ0) is 45.0. The fraction of sp³-hybridized carbons (Fsp3) is 0.289. The predicted molar refractivity (Wildman–Crippen MR) is 208 cm³/mol. The molecule has 0 spiro atoms. The number of benzene rings is 4. The van der Waals surface area contributed by atoms with Crippen molar-refractivity contribution in [3.8, 4) is 0 Å². The number of methoxy groups -OCH3 is 1. The van der Waals surface area contributed by atoms with Crippen molar-refractivity contribution in [2.45, 2.75) is 47.7 Å². The third-order valence-electron chi connectivity index (χ3n) is 9.41. The van der Waals surface area contributed by atoms with Crippen molar-refractivity contribution in [3.05, 3.63) is 117 Å². The summed E-state index contributed by atoms with van der Waals surface area (Å²) in [6, 6.07) is 9.35. The summed E-state index contributed by atoms with van der Waals surface area (Å²) in [6.45, 7) is 0.296. The Morgan fingerprint density at radius 2 is 0.984 bits per heavy atom. The quantitative estimate of drug-likeness (QED) is 0.0937. The largest absolute Gasteiger partial charge is 0.465 e. The Labute approximate surface area is 353 Å². The number of carbonyl (C=O) groups is 3. The molecule has 0 unspecified atom stereocenters. The van der Waals surface area contributed by atoms with E-state index in [4.69, 9.17) is 0 Å². The number of ether oxygens (including phenoxy) is 1. The number of nitrogens with zero attached hydrogens (tertiary/aromatic N) is 2. The highest BCUT2D eigenvalue weighted by molar-refractivity contribution is 9.10. The fourth-order valence-electron chi connectivity index (χ4n) is 6.10. The van der Waals surface area contributed by atoms with Crippen LogP contribution in [0.4, 0.5) is 37.7 Å². The molecule has 6 rings (SSSR count). The number of esters is 1. The van der Waals surface area contributed by atoms with Crippen LogP contribution in [0.5, 0.6) is 0 Å². The van der Waals surface area contributed by atoms with E-state index in [2.05, 4.69) is 31.3 Å². The second kappa shape index (κ2) is 19.4. The summed E-state index contributed by atoms with van der Waals surface area (Å²) < 4.78 is 139. The number of anilines is 2. The van der Waals surface area contributed by atoms with Gasteiger partial charge in [-0.2, -0.15) is 8.61 Å². The minimum atomic E-state index is -4.25. The van der Waals surface area contributed by atoms with Gasteiger partial charge in [-0.15, -0.1) is 0 Å². The number of piperidine rings is 2. The highest BCUT2D eigenvalue weighted by atomic mass is 79.9. The molecule has 4 aromatic carbocycles. The maximum absolute atomic E-state index is 13.4. The monoisotopic (exact) mass is 964 g/mol. The second-order valence-corrected chi connectivity index (χ2v) is 18.2. The summed E-state index contributed by atoms with van der Waals surface area (Å²) in [5.41, 5.74) is -1.33. The lowest BCUT2D eigenvalue weighted by Gasteiger charge is -2.29. The third kappa shape index (κ3) is 10.9. The molecule has 2 aliphatic heterocycles. The number of aliphatic hydroxyl groups is 2. The summed E-state index contributed by atoms with van der Waals surface area (Å²) in [4.78, 5) is 36.5. The topological polar surface area (TPSA) is 200 Å². The molecule has 23 heteroatoms. The molecule has 2 aliphatic rings. The van der Waals surface area contributed by atoms with Gasteiger partial charge in [-0.25, -0.2) is 48.0 Å². The molecule has 2 heterocycles. The lowest BCUT2D eigenvalue weighted by Crippen LogP contribution is -2.40. The Morgan fingerprint density at radius 1 is 0.623 bits per heavy atom. The van der Waals surface area contributed by atoms with Gasteiger partial charge < -0.3 is 25.6 Å². The first-order chi connectivity index (χ1) is 28.6. The van der Waals surface area contributed by atoms with E-state index in [1.165, 1.54) is 16.4 Å². The van der Waals surface area contributed by atoms with Gasteiger partial charge in [0.2, 0.25) is 20.0 Å². The molecule has 0 radical (unpaired) electrons. The molecular weight excluding hydrogens is 930 g/mol. The first kappa shape index (κ1) is 47.1. The molecule has 61 heavy (non-hydrogen) atoms. The highest BCUT2D eigenvalue weighted by Crippen LogP contribution is 2.30. The predicted octanol–water partition coefficient (Wildman–Crippen LogP) is 5.55. The van der Waals surface area contributed by atoms with Crippen molar-refractivity contribution in [1.82, 2.24) is 8.61 Å². The van der Waals surface area contributed by atoms with Gasteiger partial charge in [-0.05, 0) is 78.0 Å². The van der Waals surface area contributed by atoms with Gasteiger partial charge >= 0.3 is 5.97 Å². The fourth-order valence-corrected chi connectivity index (χ4v) is 10.2. The Bertz CT molecular complexity index is 2530. The molecule has 0 atom stereocenters. The summed E-state index contributed by atoms with van der Waals surface area (Å²) in [7, 11) is -7.12. The minimum Gasteiger partial charge on any atom is -0.465 e. The van der Waals surface area contributed by atoms with Crippen LogP contribution in [0.2, 0.25) is 0 Å². The second-order valence-electron chi connectivity index (χ2n) is 13.5. The molecule has 2 saturated heterocycles. The maximum Gasteiger partial charge on any atom is 0.339 e.